The number of likely N-dealkylation sites (N-methyl/N-ethyl adjacent to an activating group) is 1. The maximum absolute atomic E-state index is 4.57. The van der Waals surface area contributed by atoms with Crippen molar-refractivity contribution in [3.63, 3.8) is 0 Å². The third kappa shape index (κ3) is 3.44. The predicted octanol–water partition coefficient (Wildman–Crippen LogP) is 1.47. The fourth-order valence-corrected chi connectivity index (χ4v) is 2.15. The van der Waals surface area contributed by atoms with Gasteiger partial charge in [0.25, 0.3) is 0 Å². The Bertz CT molecular complexity index is 512. The van der Waals surface area contributed by atoms with Gasteiger partial charge in [0, 0.05) is 25.7 Å². The number of nitrogens with zero attached hydrogens (tertiary/aromatic N) is 4. The summed E-state index contributed by atoms with van der Waals surface area (Å²) in [6.07, 6.45) is 5.98. The van der Waals surface area contributed by atoms with Crippen molar-refractivity contribution >= 4 is 0 Å². The van der Waals surface area contributed by atoms with Gasteiger partial charge < -0.3 is 9.88 Å². The highest BCUT2D eigenvalue weighted by molar-refractivity contribution is 5.12. The molecule has 1 N–H and O–H groups in total. The second-order valence-corrected chi connectivity index (χ2v) is 4.69. The molecule has 0 saturated carbocycles. The number of rotatable bonds is 7. The van der Waals surface area contributed by atoms with E-state index < -0.39 is 0 Å². The van der Waals surface area contributed by atoms with Gasteiger partial charge in [0.1, 0.15) is 0 Å². The third-order valence-electron chi connectivity index (χ3n) is 3.24. The first kappa shape index (κ1) is 13.8. The minimum absolute atomic E-state index is 0.841. The summed E-state index contributed by atoms with van der Waals surface area (Å²) in [4.78, 5) is 4.43. The molecule has 2 rings (SSSR count). The molecule has 0 atom stereocenters. The van der Waals surface area contributed by atoms with E-state index in [1.807, 2.05) is 13.4 Å². The van der Waals surface area contributed by atoms with Crippen molar-refractivity contribution in [3.05, 3.63) is 35.7 Å². The highest BCUT2D eigenvalue weighted by Crippen LogP contribution is 2.08. The zero-order chi connectivity index (χ0) is 13.7. The van der Waals surface area contributed by atoms with Crippen LogP contribution < -0.4 is 5.32 Å². The Morgan fingerprint density at radius 2 is 2.11 bits per heavy atom. The van der Waals surface area contributed by atoms with Gasteiger partial charge in [-0.2, -0.15) is 5.10 Å². The minimum Gasteiger partial charge on any atom is -0.331 e. The Morgan fingerprint density at radius 1 is 1.26 bits per heavy atom. The molecule has 0 aromatic carbocycles. The number of hydrogen-bond donors (Lipinski definition) is 1. The van der Waals surface area contributed by atoms with Crippen LogP contribution in [0.5, 0.6) is 0 Å². The maximum atomic E-state index is 4.57. The molecule has 0 unspecified atom stereocenters. The van der Waals surface area contributed by atoms with Crippen LogP contribution in [0.4, 0.5) is 0 Å². The summed E-state index contributed by atoms with van der Waals surface area (Å²) in [5, 5.41) is 7.71. The quantitative estimate of drug-likeness (QED) is 0.821. The molecule has 104 valence electrons. The lowest BCUT2D eigenvalue weighted by molar-refractivity contribution is 0.594. The van der Waals surface area contributed by atoms with Crippen molar-refractivity contribution in [2.24, 2.45) is 0 Å². The molecular formula is C14H23N5. The Morgan fingerprint density at radius 3 is 2.79 bits per heavy atom. The van der Waals surface area contributed by atoms with Crippen LogP contribution in [0.3, 0.4) is 0 Å². The zero-order valence-electron chi connectivity index (χ0n) is 12.1. The molecule has 0 spiro atoms. The molecule has 0 amide bonds. The van der Waals surface area contributed by atoms with Gasteiger partial charge in [0.2, 0.25) is 0 Å². The van der Waals surface area contributed by atoms with Crippen LogP contribution in [-0.2, 0) is 25.9 Å². The van der Waals surface area contributed by atoms with Crippen LogP contribution in [-0.4, -0.2) is 32.9 Å². The van der Waals surface area contributed by atoms with Gasteiger partial charge >= 0.3 is 0 Å². The van der Waals surface area contributed by atoms with Crippen molar-refractivity contribution in [3.8, 4) is 0 Å². The van der Waals surface area contributed by atoms with Gasteiger partial charge in [-0.1, -0.05) is 6.92 Å². The topological polar surface area (TPSA) is 47.7 Å². The van der Waals surface area contributed by atoms with Gasteiger partial charge in [-0.3, -0.25) is 4.68 Å². The van der Waals surface area contributed by atoms with E-state index in [9.17, 15) is 0 Å². The lowest BCUT2D eigenvalue weighted by atomic mass is 10.3. The van der Waals surface area contributed by atoms with Gasteiger partial charge in [0.05, 0.1) is 30.0 Å². The van der Waals surface area contributed by atoms with Gasteiger partial charge in [-0.15, -0.1) is 0 Å². The van der Waals surface area contributed by atoms with E-state index in [4.69, 9.17) is 0 Å². The number of aromatic nitrogens is 4. The summed E-state index contributed by atoms with van der Waals surface area (Å²) >= 11 is 0. The molecule has 0 aliphatic heterocycles. The van der Waals surface area contributed by atoms with E-state index in [1.165, 1.54) is 5.69 Å². The Hall–Kier alpha value is -1.62. The highest BCUT2D eigenvalue weighted by Gasteiger charge is 2.07. The van der Waals surface area contributed by atoms with E-state index in [0.717, 1.165) is 43.9 Å². The largest absolute Gasteiger partial charge is 0.331 e. The smallest absolute Gasteiger partial charge is 0.0953 e. The van der Waals surface area contributed by atoms with E-state index in [2.05, 4.69) is 50.8 Å². The molecule has 0 radical (unpaired) electrons. The first-order chi connectivity index (χ1) is 9.26. The molecule has 0 fully saturated rings. The van der Waals surface area contributed by atoms with Crippen LogP contribution in [0.1, 0.15) is 30.9 Å². The maximum Gasteiger partial charge on any atom is 0.0953 e. The van der Waals surface area contributed by atoms with Crippen molar-refractivity contribution in [2.75, 3.05) is 13.6 Å². The fourth-order valence-electron chi connectivity index (χ4n) is 2.15. The zero-order valence-corrected chi connectivity index (χ0v) is 12.1. The second kappa shape index (κ2) is 6.52. The average Bonchev–Trinajstić information content (AvgIpc) is 3.03. The highest BCUT2D eigenvalue weighted by atomic mass is 15.3. The monoisotopic (exact) mass is 261 g/mol. The Balaban J connectivity index is 2.07. The average molecular weight is 261 g/mol. The van der Waals surface area contributed by atoms with Gasteiger partial charge in [0.15, 0.2) is 0 Å². The van der Waals surface area contributed by atoms with Crippen LogP contribution in [0.25, 0.3) is 0 Å². The summed E-state index contributed by atoms with van der Waals surface area (Å²) < 4.78 is 4.21. The lowest BCUT2D eigenvalue weighted by Crippen LogP contribution is -2.10. The van der Waals surface area contributed by atoms with Crippen molar-refractivity contribution < 1.29 is 0 Å². The number of hydrogen-bond acceptors (Lipinski definition) is 3. The summed E-state index contributed by atoms with van der Waals surface area (Å²) in [5.41, 5.74) is 3.54. The van der Waals surface area contributed by atoms with Gasteiger partial charge in [-0.05, 0) is 26.5 Å². The number of imidazole rings is 1. The number of nitrogens with one attached hydrogen (secondary N) is 1. The minimum atomic E-state index is 0.841. The Kier molecular flexibility index (Phi) is 4.74. The molecule has 0 aliphatic carbocycles. The summed E-state index contributed by atoms with van der Waals surface area (Å²) in [6.45, 7) is 6.98. The molecule has 2 aromatic heterocycles. The van der Waals surface area contributed by atoms with E-state index in [-0.39, 0.29) is 0 Å². The molecular weight excluding hydrogens is 238 g/mol. The molecule has 0 aliphatic rings. The molecule has 19 heavy (non-hydrogen) atoms. The molecule has 5 nitrogen and oxygen atoms in total. The van der Waals surface area contributed by atoms with E-state index in [1.54, 1.807) is 0 Å². The summed E-state index contributed by atoms with van der Waals surface area (Å²) in [5.74, 6) is 0. The molecule has 5 heteroatoms. The lowest BCUT2D eigenvalue weighted by Gasteiger charge is -2.04. The van der Waals surface area contributed by atoms with Crippen molar-refractivity contribution in [1.29, 1.82) is 0 Å². The SMILES string of the molecule is CCc1cc(Cn2cnc(CCNC)c2)n(CC)n1. The summed E-state index contributed by atoms with van der Waals surface area (Å²) in [6, 6.07) is 2.19. The predicted molar refractivity (Wildman–Crippen MR) is 76.2 cm³/mol. The molecule has 0 bridgehead atoms. The van der Waals surface area contributed by atoms with Crippen LogP contribution in [0, 0.1) is 0 Å². The van der Waals surface area contributed by atoms with Crippen LogP contribution in [0.2, 0.25) is 0 Å². The Labute approximate surface area is 114 Å². The normalized spacial score (nSPS) is 11.1. The van der Waals surface area contributed by atoms with E-state index >= 15 is 0 Å². The van der Waals surface area contributed by atoms with Crippen molar-refractivity contribution in [1.82, 2.24) is 24.6 Å². The standard InChI is InChI=1S/C14H23N5/c1-4-12-8-14(19(5-2)17-12)10-18-9-13(16-11-18)6-7-15-3/h8-9,11,15H,4-7,10H2,1-3H3. The van der Waals surface area contributed by atoms with Crippen molar-refractivity contribution in [2.45, 2.75) is 39.8 Å². The second-order valence-electron chi connectivity index (χ2n) is 4.69. The van der Waals surface area contributed by atoms with Gasteiger partial charge in [-0.25, -0.2) is 4.98 Å². The third-order valence-corrected chi connectivity index (χ3v) is 3.24. The van der Waals surface area contributed by atoms with Crippen LogP contribution >= 0.6 is 0 Å². The molecule has 0 saturated heterocycles. The molecule has 2 heterocycles. The van der Waals surface area contributed by atoms with Crippen LogP contribution in [0.15, 0.2) is 18.6 Å². The summed E-state index contributed by atoms with van der Waals surface area (Å²) in [7, 11) is 1.96. The number of aryl methyl sites for hydroxylation is 2. The fraction of sp³-hybridized carbons (Fsp3) is 0.571. The first-order valence-electron chi connectivity index (χ1n) is 6.97. The first-order valence-corrected chi connectivity index (χ1v) is 6.97. The molecule has 2 aromatic rings. The van der Waals surface area contributed by atoms with E-state index in [0.29, 0.717) is 0 Å².